The van der Waals surface area contributed by atoms with Gasteiger partial charge in [0.15, 0.2) is 0 Å². The van der Waals surface area contributed by atoms with Crippen molar-refractivity contribution < 1.29 is 18.0 Å². The van der Waals surface area contributed by atoms with E-state index in [0.29, 0.717) is 5.92 Å². The lowest BCUT2D eigenvalue weighted by molar-refractivity contribution is -0.136. The van der Waals surface area contributed by atoms with E-state index in [4.69, 9.17) is 5.73 Å². The van der Waals surface area contributed by atoms with Gasteiger partial charge in [0, 0.05) is 12.1 Å². The van der Waals surface area contributed by atoms with E-state index in [1.54, 1.807) is 0 Å². The van der Waals surface area contributed by atoms with Gasteiger partial charge in [-0.05, 0) is 37.0 Å². The van der Waals surface area contributed by atoms with Crippen LogP contribution in [-0.2, 0) is 11.0 Å². The third-order valence-corrected chi connectivity index (χ3v) is 3.32. The first kappa shape index (κ1) is 13.7. The first-order valence-electron chi connectivity index (χ1n) is 6.13. The van der Waals surface area contributed by atoms with Gasteiger partial charge in [-0.1, -0.05) is 6.42 Å². The van der Waals surface area contributed by atoms with E-state index in [1.165, 1.54) is 12.1 Å². The van der Waals surface area contributed by atoms with Gasteiger partial charge in [-0.2, -0.15) is 13.2 Å². The van der Waals surface area contributed by atoms with Crippen molar-refractivity contribution in [1.29, 1.82) is 0 Å². The second-order valence-electron chi connectivity index (χ2n) is 4.85. The van der Waals surface area contributed by atoms with Crippen molar-refractivity contribution in [2.75, 3.05) is 11.1 Å². The van der Waals surface area contributed by atoms with Crippen LogP contribution in [0.25, 0.3) is 0 Å². The summed E-state index contributed by atoms with van der Waals surface area (Å²) in [5.74, 6) is -0.0666. The topological polar surface area (TPSA) is 55.1 Å². The summed E-state index contributed by atoms with van der Waals surface area (Å²) in [7, 11) is 0. The average molecular weight is 272 g/mol. The van der Waals surface area contributed by atoms with Crippen LogP contribution in [-0.4, -0.2) is 5.91 Å². The van der Waals surface area contributed by atoms with Gasteiger partial charge >= 0.3 is 6.18 Å². The summed E-state index contributed by atoms with van der Waals surface area (Å²) in [5.41, 5.74) is 4.23. The Morgan fingerprint density at radius 3 is 2.58 bits per heavy atom. The highest BCUT2D eigenvalue weighted by Crippen LogP contribution is 2.36. The molecule has 1 aromatic rings. The fourth-order valence-electron chi connectivity index (χ4n) is 2.07. The molecule has 0 saturated heterocycles. The monoisotopic (exact) mass is 272 g/mol. The number of benzene rings is 1. The number of alkyl halides is 3. The molecular weight excluding hydrogens is 257 g/mol. The number of amides is 1. The molecule has 3 nitrogen and oxygen atoms in total. The van der Waals surface area contributed by atoms with Gasteiger partial charge in [-0.15, -0.1) is 0 Å². The third-order valence-electron chi connectivity index (χ3n) is 3.32. The quantitative estimate of drug-likeness (QED) is 0.828. The Kier molecular flexibility index (Phi) is 3.68. The molecule has 1 amide bonds. The minimum atomic E-state index is -4.53. The molecule has 0 spiro atoms. The number of halogens is 3. The number of nitrogens with two attached hydrogens (primary N) is 1. The Labute approximate surface area is 109 Å². The van der Waals surface area contributed by atoms with Crippen LogP contribution < -0.4 is 11.1 Å². The van der Waals surface area contributed by atoms with Gasteiger partial charge in [-0.3, -0.25) is 4.79 Å². The van der Waals surface area contributed by atoms with E-state index >= 15 is 0 Å². The number of carbonyl (C=O) groups excluding carboxylic acids is 1. The molecule has 1 saturated carbocycles. The molecule has 0 bridgehead atoms. The van der Waals surface area contributed by atoms with E-state index in [2.05, 4.69) is 5.32 Å². The number of anilines is 2. The zero-order valence-corrected chi connectivity index (χ0v) is 10.3. The molecule has 3 N–H and O–H groups in total. The molecule has 0 radical (unpaired) electrons. The minimum absolute atomic E-state index is 0.0179. The largest absolute Gasteiger partial charge is 0.418 e. The summed E-state index contributed by atoms with van der Waals surface area (Å²) in [5, 5.41) is 2.33. The average Bonchev–Trinajstić information content (AvgIpc) is 2.25. The van der Waals surface area contributed by atoms with Gasteiger partial charge in [0.05, 0.1) is 11.3 Å². The Bertz CT molecular complexity index is 481. The summed E-state index contributed by atoms with van der Waals surface area (Å²) in [4.78, 5) is 11.7. The van der Waals surface area contributed by atoms with Crippen LogP contribution >= 0.6 is 0 Å². The summed E-state index contributed by atoms with van der Waals surface area (Å²) in [6, 6.07) is 3.37. The molecule has 1 fully saturated rings. The normalized spacial score (nSPS) is 15.9. The van der Waals surface area contributed by atoms with E-state index in [-0.39, 0.29) is 23.7 Å². The standard InChI is InChI=1S/C13H15F3N2O/c14-13(15,16)10-7-9(17)4-5-11(10)18-12(19)6-8-2-1-3-8/h4-5,7-8H,1-3,6,17H2,(H,18,19). The van der Waals surface area contributed by atoms with E-state index < -0.39 is 11.7 Å². The maximum absolute atomic E-state index is 12.8. The summed E-state index contributed by atoms with van der Waals surface area (Å²) in [6.07, 6.45) is -1.22. The predicted molar refractivity (Wildman–Crippen MR) is 66.4 cm³/mol. The summed E-state index contributed by atoms with van der Waals surface area (Å²) < 4.78 is 38.4. The van der Waals surface area contributed by atoms with Crippen LogP contribution in [0.1, 0.15) is 31.2 Å². The smallest absolute Gasteiger partial charge is 0.399 e. The van der Waals surface area contributed by atoms with Crippen molar-refractivity contribution in [2.24, 2.45) is 5.92 Å². The van der Waals surface area contributed by atoms with Gasteiger partial charge in [0.2, 0.25) is 5.91 Å². The number of nitrogen functional groups attached to an aromatic ring is 1. The molecule has 1 aliphatic carbocycles. The van der Waals surface area contributed by atoms with E-state index in [1.807, 2.05) is 0 Å². The van der Waals surface area contributed by atoms with Crippen molar-refractivity contribution >= 4 is 17.3 Å². The van der Waals surface area contributed by atoms with Crippen LogP contribution in [0.3, 0.4) is 0 Å². The predicted octanol–water partition coefficient (Wildman–Crippen LogP) is 3.42. The molecule has 1 aliphatic rings. The molecule has 6 heteroatoms. The number of carbonyl (C=O) groups is 1. The Hall–Kier alpha value is -1.72. The molecule has 1 aromatic carbocycles. The summed E-state index contributed by atoms with van der Waals surface area (Å²) in [6.45, 7) is 0. The molecule has 19 heavy (non-hydrogen) atoms. The van der Waals surface area contributed by atoms with Crippen molar-refractivity contribution in [2.45, 2.75) is 31.9 Å². The van der Waals surface area contributed by atoms with Crippen molar-refractivity contribution in [1.82, 2.24) is 0 Å². The molecule has 0 heterocycles. The Morgan fingerprint density at radius 1 is 1.37 bits per heavy atom. The van der Waals surface area contributed by atoms with E-state index in [0.717, 1.165) is 25.3 Å². The second kappa shape index (κ2) is 5.11. The zero-order chi connectivity index (χ0) is 14.0. The molecule has 104 valence electrons. The maximum atomic E-state index is 12.8. The minimum Gasteiger partial charge on any atom is -0.399 e. The van der Waals surface area contributed by atoms with Crippen LogP contribution in [0.15, 0.2) is 18.2 Å². The van der Waals surface area contributed by atoms with Gasteiger partial charge < -0.3 is 11.1 Å². The van der Waals surface area contributed by atoms with Crippen molar-refractivity contribution in [3.8, 4) is 0 Å². The van der Waals surface area contributed by atoms with Crippen LogP contribution in [0.5, 0.6) is 0 Å². The van der Waals surface area contributed by atoms with Gasteiger partial charge in [-0.25, -0.2) is 0 Å². The number of nitrogens with one attached hydrogen (secondary N) is 1. The van der Waals surface area contributed by atoms with E-state index in [9.17, 15) is 18.0 Å². The SMILES string of the molecule is Nc1ccc(NC(=O)CC2CCC2)c(C(F)(F)F)c1. The van der Waals surface area contributed by atoms with Crippen molar-refractivity contribution in [3.63, 3.8) is 0 Å². The Balaban J connectivity index is 2.12. The first-order chi connectivity index (χ1) is 8.86. The van der Waals surface area contributed by atoms with Crippen LogP contribution in [0, 0.1) is 5.92 Å². The number of hydrogen-bond donors (Lipinski definition) is 2. The second-order valence-corrected chi connectivity index (χ2v) is 4.85. The molecule has 0 aromatic heterocycles. The summed E-state index contributed by atoms with van der Waals surface area (Å²) >= 11 is 0. The van der Waals surface area contributed by atoms with Gasteiger partial charge in [0.1, 0.15) is 0 Å². The van der Waals surface area contributed by atoms with Crippen molar-refractivity contribution in [3.05, 3.63) is 23.8 Å². The Morgan fingerprint density at radius 2 is 2.05 bits per heavy atom. The highest BCUT2D eigenvalue weighted by molar-refractivity contribution is 5.92. The molecule has 2 rings (SSSR count). The number of hydrogen-bond acceptors (Lipinski definition) is 2. The lowest BCUT2D eigenvalue weighted by atomic mass is 9.83. The molecule has 0 atom stereocenters. The third kappa shape index (κ3) is 3.39. The lowest BCUT2D eigenvalue weighted by Crippen LogP contribution is -2.22. The molecule has 0 unspecified atom stereocenters. The molecule has 0 aliphatic heterocycles. The fourth-order valence-corrected chi connectivity index (χ4v) is 2.07. The highest BCUT2D eigenvalue weighted by Gasteiger charge is 2.34. The van der Waals surface area contributed by atoms with Crippen LogP contribution in [0.4, 0.5) is 24.5 Å². The molecular formula is C13H15F3N2O. The van der Waals surface area contributed by atoms with Gasteiger partial charge in [0.25, 0.3) is 0 Å². The first-order valence-corrected chi connectivity index (χ1v) is 6.13. The lowest BCUT2D eigenvalue weighted by Gasteiger charge is -2.24. The maximum Gasteiger partial charge on any atom is 0.418 e. The highest BCUT2D eigenvalue weighted by atomic mass is 19.4. The number of rotatable bonds is 3. The van der Waals surface area contributed by atoms with Crippen LogP contribution in [0.2, 0.25) is 0 Å². The zero-order valence-electron chi connectivity index (χ0n) is 10.3. The fraction of sp³-hybridized carbons (Fsp3) is 0.462.